The van der Waals surface area contributed by atoms with Gasteiger partial charge >= 0.3 is 12.6 Å². The fourth-order valence-electron chi connectivity index (χ4n) is 4.78. The number of alkyl halides is 2. The van der Waals surface area contributed by atoms with E-state index >= 15 is 4.39 Å². The Bertz CT molecular complexity index is 1090. The second-order valence-corrected chi connectivity index (χ2v) is 9.66. The number of nitrogens with zero attached hydrogens (tertiary/aromatic N) is 1. The summed E-state index contributed by atoms with van der Waals surface area (Å²) in [7, 11) is 0. The van der Waals surface area contributed by atoms with E-state index in [1.54, 1.807) is 12.1 Å². The topological polar surface area (TPSA) is 79.2 Å². The van der Waals surface area contributed by atoms with Crippen LogP contribution in [0.2, 0.25) is 5.02 Å². The Morgan fingerprint density at radius 2 is 1.94 bits per heavy atom. The molecule has 2 aliphatic rings. The Hall–Kier alpha value is -2.49. The van der Waals surface area contributed by atoms with Crippen molar-refractivity contribution in [2.45, 2.75) is 57.5 Å². The summed E-state index contributed by atoms with van der Waals surface area (Å²) in [4.78, 5) is 13.3. The zero-order valence-electron chi connectivity index (χ0n) is 19.1. The summed E-state index contributed by atoms with van der Waals surface area (Å²) in [6.07, 6.45) is 0.976. The summed E-state index contributed by atoms with van der Waals surface area (Å²) in [5.74, 6) is -2.97. The number of aryl methyl sites for hydroxylation is 1. The summed E-state index contributed by atoms with van der Waals surface area (Å²) in [5.41, 5.74) is 0.548. The number of hydrogen-bond donors (Lipinski definition) is 2. The van der Waals surface area contributed by atoms with Crippen molar-refractivity contribution < 1.29 is 37.7 Å². The second-order valence-electron chi connectivity index (χ2n) is 9.22. The monoisotopic (exact) mass is 513 g/mol. The number of aliphatic carboxylic acids is 1. The van der Waals surface area contributed by atoms with E-state index in [4.69, 9.17) is 16.3 Å². The highest BCUT2D eigenvalue weighted by Gasteiger charge is 2.41. The lowest BCUT2D eigenvalue weighted by atomic mass is 9.82. The minimum Gasteiger partial charge on any atom is -0.484 e. The minimum absolute atomic E-state index is 0.0706. The Labute approximate surface area is 206 Å². The van der Waals surface area contributed by atoms with Crippen LogP contribution in [0, 0.1) is 11.7 Å². The van der Waals surface area contributed by atoms with Gasteiger partial charge in [-0.15, -0.1) is 0 Å². The van der Waals surface area contributed by atoms with Gasteiger partial charge in [0.25, 0.3) is 0 Å². The van der Waals surface area contributed by atoms with Crippen molar-refractivity contribution in [3.05, 3.63) is 57.9 Å². The number of ether oxygens (including phenoxy) is 2. The van der Waals surface area contributed by atoms with Crippen LogP contribution in [-0.4, -0.2) is 46.4 Å². The van der Waals surface area contributed by atoms with Gasteiger partial charge in [0, 0.05) is 35.8 Å². The van der Waals surface area contributed by atoms with Gasteiger partial charge in [-0.3, -0.25) is 9.69 Å². The quantitative estimate of drug-likeness (QED) is 0.530. The Morgan fingerprint density at radius 3 is 2.60 bits per heavy atom. The van der Waals surface area contributed by atoms with Crippen LogP contribution in [0.5, 0.6) is 11.5 Å². The summed E-state index contributed by atoms with van der Waals surface area (Å²) in [6, 6.07) is 7.63. The van der Waals surface area contributed by atoms with Crippen molar-refractivity contribution in [2.24, 2.45) is 5.92 Å². The highest BCUT2D eigenvalue weighted by atomic mass is 35.5. The van der Waals surface area contributed by atoms with Crippen molar-refractivity contribution in [3.63, 3.8) is 0 Å². The van der Waals surface area contributed by atoms with E-state index in [9.17, 15) is 23.8 Å². The molecule has 2 heterocycles. The van der Waals surface area contributed by atoms with Crippen LogP contribution in [0.3, 0.4) is 0 Å². The van der Waals surface area contributed by atoms with Gasteiger partial charge in [0.2, 0.25) is 0 Å². The molecule has 35 heavy (non-hydrogen) atoms. The molecule has 190 valence electrons. The second kappa shape index (κ2) is 10.2. The molecule has 2 atom stereocenters. The number of rotatable bonds is 7. The molecule has 0 radical (unpaired) electrons. The van der Waals surface area contributed by atoms with Crippen LogP contribution in [-0.2, 0) is 17.8 Å². The number of aliphatic hydroxyl groups excluding tert-OH is 1. The maximum Gasteiger partial charge on any atom is 0.387 e. The van der Waals surface area contributed by atoms with Crippen molar-refractivity contribution in [2.75, 3.05) is 13.1 Å². The molecule has 2 aliphatic heterocycles. The van der Waals surface area contributed by atoms with E-state index in [1.165, 1.54) is 25.1 Å². The molecule has 1 spiro atoms. The van der Waals surface area contributed by atoms with E-state index in [-0.39, 0.29) is 17.1 Å². The van der Waals surface area contributed by atoms with Crippen LogP contribution in [0.25, 0.3) is 0 Å². The summed E-state index contributed by atoms with van der Waals surface area (Å²) in [6.45, 7) is -0.0623. The molecule has 0 bridgehead atoms. The molecule has 10 heteroatoms. The maximum atomic E-state index is 15.3. The first-order chi connectivity index (χ1) is 16.6. The highest BCUT2D eigenvalue weighted by molar-refractivity contribution is 6.30. The van der Waals surface area contributed by atoms with Crippen molar-refractivity contribution in [1.82, 2.24) is 4.90 Å². The third kappa shape index (κ3) is 5.52. The third-order valence-electron chi connectivity index (χ3n) is 6.96. The summed E-state index contributed by atoms with van der Waals surface area (Å²) in [5, 5.41) is 20.0. The van der Waals surface area contributed by atoms with Gasteiger partial charge < -0.3 is 19.7 Å². The number of aliphatic hydroxyl groups is 1. The first-order valence-electron chi connectivity index (χ1n) is 11.5. The number of benzene rings is 2. The van der Waals surface area contributed by atoms with Crippen LogP contribution < -0.4 is 9.47 Å². The van der Waals surface area contributed by atoms with Gasteiger partial charge in [-0.2, -0.15) is 8.78 Å². The predicted octanol–water partition coefficient (Wildman–Crippen LogP) is 5.19. The first kappa shape index (κ1) is 25.6. The number of likely N-dealkylation sites (tertiary alicyclic amines) is 1. The molecule has 6 nitrogen and oxygen atoms in total. The van der Waals surface area contributed by atoms with Gasteiger partial charge in [0.1, 0.15) is 11.4 Å². The summed E-state index contributed by atoms with van der Waals surface area (Å²) < 4.78 is 51.7. The molecular weight excluding hydrogens is 487 g/mol. The van der Waals surface area contributed by atoms with E-state index in [0.29, 0.717) is 61.5 Å². The van der Waals surface area contributed by atoms with Crippen molar-refractivity contribution >= 4 is 17.6 Å². The maximum absolute atomic E-state index is 15.3. The van der Waals surface area contributed by atoms with E-state index in [0.717, 1.165) is 0 Å². The lowest BCUT2D eigenvalue weighted by Crippen LogP contribution is -2.49. The molecule has 2 aromatic carbocycles. The number of carboxylic acid groups (broad SMARTS) is 1. The third-order valence-corrected chi connectivity index (χ3v) is 7.19. The lowest BCUT2D eigenvalue weighted by molar-refractivity contribution is -0.145. The molecule has 2 aromatic rings. The predicted molar refractivity (Wildman–Crippen MR) is 122 cm³/mol. The molecule has 0 saturated carbocycles. The number of fused-ring (bicyclic) bond motifs is 1. The molecule has 1 fully saturated rings. The van der Waals surface area contributed by atoms with Gasteiger partial charge in [0.05, 0.1) is 12.0 Å². The van der Waals surface area contributed by atoms with Crippen LogP contribution >= 0.6 is 11.6 Å². The highest BCUT2D eigenvalue weighted by Crippen LogP contribution is 2.43. The number of carboxylic acids is 1. The van der Waals surface area contributed by atoms with E-state index in [1.807, 2.05) is 0 Å². The fourth-order valence-corrected chi connectivity index (χ4v) is 4.97. The Morgan fingerprint density at radius 1 is 1.23 bits per heavy atom. The molecular formula is C25H27ClF3NO5. The number of carbonyl (C=O) groups is 1. The Kier molecular flexibility index (Phi) is 7.49. The molecule has 0 aromatic heterocycles. The molecule has 0 unspecified atom stereocenters. The van der Waals surface area contributed by atoms with Gasteiger partial charge in [-0.05, 0) is 56.4 Å². The summed E-state index contributed by atoms with van der Waals surface area (Å²) >= 11 is 6.05. The van der Waals surface area contributed by atoms with Crippen LogP contribution in [0.4, 0.5) is 13.2 Å². The zero-order chi connectivity index (χ0) is 25.3. The zero-order valence-corrected chi connectivity index (χ0v) is 19.9. The van der Waals surface area contributed by atoms with E-state index < -0.39 is 36.0 Å². The van der Waals surface area contributed by atoms with Crippen LogP contribution in [0.1, 0.15) is 49.0 Å². The molecule has 4 rings (SSSR count). The average Bonchev–Trinajstić information content (AvgIpc) is 2.82. The standard InChI is InChI=1S/C25H27ClF3NO5/c1-14(23(32)33)21(31)18-4-2-15-6-7-25(35-22(15)20(18)27)8-10-30(11-9-25)13-16-12-17(26)3-5-19(16)34-24(28)29/h2-5,12,14,21,24,31H,6-11,13H2,1H3,(H,32,33)/t14-,21+/m0/s1. The largest absolute Gasteiger partial charge is 0.484 e. The normalized spacial score (nSPS) is 19.2. The molecule has 0 amide bonds. The van der Waals surface area contributed by atoms with Gasteiger partial charge in [-0.25, -0.2) is 4.39 Å². The number of piperidine rings is 1. The first-order valence-corrected chi connectivity index (χ1v) is 11.8. The smallest absolute Gasteiger partial charge is 0.387 e. The fraction of sp³-hybridized carbons (Fsp3) is 0.480. The average molecular weight is 514 g/mol. The van der Waals surface area contributed by atoms with Gasteiger partial charge in [-0.1, -0.05) is 23.7 Å². The molecule has 1 saturated heterocycles. The number of halogens is 4. The molecule has 2 N–H and O–H groups in total. The van der Waals surface area contributed by atoms with Crippen molar-refractivity contribution in [1.29, 1.82) is 0 Å². The van der Waals surface area contributed by atoms with Crippen molar-refractivity contribution in [3.8, 4) is 11.5 Å². The SMILES string of the molecule is C[C@H](C(=O)O)[C@@H](O)c1ccc2c(c1F)OC1(CC2)CCN(Cc2cc(Cl)ccc2OC(F)F)CC1. The minimum atomic E-state index is -2.94. The molecule has 0 aliphatic carbocycles. The Balaban J connectivity index is 1.46. The van der Waals surface area contributed by atoms with Gasteiger partial charge in [0.15, 0.2) is 11.6 Å². The van der Waals surface area contributed by atoms with Crippen LogP contribution in [0.15, 0.2) is 30.3 Å². The lowest BCUT2D eigenvalue weighted by Gasteiger charge is -2.45. The number of hydrogen-bond acceptors (Lipinski definition) is 5. The van der Waals surface area contributed by atoms with E-state index in [2.05, 4.69) is 9.64 Å².